The summed E-state index contributed by atoms with van der Waals surface area (Å²) in [5, 5.41) is 10.3. The minimum atomic E-state index is -0.701. The molecule has 0 spiro atoms. The first-order chi connectivity index (χ1) is 18.8. The Morgan fingerprint density at radius 3 is 2.51 bits per heavy atom. The molecule has 2 rings (SSSR count). The maximum absolute atomic E-state index is 13.1. The molecule has 1 aromatic rings. The van der Waals surface area contributed by atoms with Gasteiger partial charge in [0.1, 0.15) is 5.82 Å². The molecule has 0 saturated carbocycles. The smallest absolute Gasteiger partial charge is 0.306 e. The van der Waals surface area contributed by atoms with Crippen molar-refractivity contribution in [3.05, 3.63) is 47.8 Å². The van der Waals surface area contributed by atoms with Crippen molar-refractivity contribution in [2.75, 3.05) is 37.7 Å². The molecule has 218 valence electrons. The van der Waals surface area contributed by atoms with Gasteiger partial charge in [-0.1, -0.05) is 51.0 Å². The molecule has 1 heterocycles. The van der Waals surface area contributed by atoms with E-state index in [-0.39, 0.29) is 42.7 Å². The molecule has 39 heavy (non-hydrogen) atoms. The lowest BCUT2D eigenvalue weighted by atomic mass is 10.1. The molecule has 1 saturated heterocycles. The van der Waals surface area contributed by atoms with Gasteiger partial charge >= 0.3 is 5.97 Å². The number of nitrogens with zero attached hydrogens (tertiary/aromatic N) is 2. The van der Waals surface area contributed by atoms with Crippen LogP contribution in [0.3, 0.4) is 0 Å². The molecule has 1 aromatic carbocycles. The number of aliphatic hydroxyl groups is 1. The van der Waals surface area contributed by atoms with Crippen LogP contribution in [0.5, 0.6) is 0 Å². The van der Waals surface area contributed by atoms with Gasteiger partial charge in [-0.15, -0.1) is 0 Å². The number of hydrogen-bond donors (Lipinski definition) is 1. The summed E-state index contributed by atoms with van der Waals surface area (Å²) in [7, 11) is 0. The quantitative estimate of drug-likeness (QED) is 0.148. The zero-order valence-corrected chi connectivity index (χ0v) is 24.3. The van der Waals surface area contributed by atoms with E-state index < -0.39 is 6.10 Å². The van der Waals surface area contributed by atoms with E-state index in [0.717, 1.165) is 49.2 Å². The maximum Gasteiger partial charge on any atom is 0.306 e. The first-order valence-corrected chi connectivity index (χ1v) is 15.4. The van der Waals surface area contributed by atoms with Crippen LogP contribution < -0.4 is 0 Å². The zero-order valence-electron chi connectivity index (χ0n) is 23.5. The summed E-state index contributed by atoms with van der Waals surface area (Å²) in [6.45, 7) is 6.00. The Morgan fingerprint density at radius 1 is 1.15 bits per heavy atom. The van der Waals surface area contributed by atoms with Crippen molar-refractivity contribution in [3.63, 3.8) is 0 Å². The zero-order chi connectivity index (χ0) is 28.5. The molecule has 1 fully saturated rings. The Hall–Kier alpha value is -2.39. The molecular weight excluding hydrogens is 519 g/mol. The average Bonchev–Trinajstić information content (AvgIpc) is 3.28. The number of unbranched alkanes of at least 4 members (excludes halogenated alkanes) is 2. The number of rotatable bonds is 19. The highest BCUT2D eigenvalue weighted by Crippen LogP contribution is 2.21. The van der Waals surface area contributed by atoms with Crippen LogP contribution in [0, 0.1) is 5.82 Å². The van der Waals surface area contributed by atoms with Crippen LogP contribution in [0.4, 0.5) is 4.39 Å². The molecule has 2 amide bonds. The third-order valence-corrected chi connectivity index (χ3v) is 7.76. The van der Waals surface area contributed by atoms with Crippen molar-refractivity contribution in [3.8, 4) is 0 Å². The van der Waals surface area contributed by atoms with Gasteiger partial charge in [-0.2, -0.15) is 11.8 Å². The number of carbonyl (C=O) groups excluding carboxylic acids is 3. The molecule has 7 nitrogen and oxygen atoms in total. The number of esters is 1. The number of aliphatic hydroxyl groups excluding tert-OH is 1. The van der Waals surface area contributed by atoms with Gasteiger partial charge < -0.3 is 19.6 Å². The minimum Gasteiger partial charge on any atom is -0.456 e. The van der Waals surface area contributed by atoms with Crippen molar-refractivity contribution in [1.82, 2.24) is 9.80 Å². The molecule has 1 aliphatic heterocycles. The van der Waals surface area contributed by atoms with Gasteiger partial charge in [0, 0.05) is 44.6 Å². The number of thioether (sulfide) groups is 1. The van der Waals surface area contributed by atoms with Gasteiger partial charge in [-0.05, 0) is 49.1 Å². The van der Waals surface area contributed by atoms with Crippen LogP contribution in [-0.4, -0.2) is 82.6 Å². The highest BCUT2D eigenvalue weighted by molar-refractivity contribution is 7.99. The lowest BCUT2D eigenvalue weighted by molar-refractivity contribution is -0.152. The fourth-order valence-corrected chi connectivity index (χ4v) is 5.26. The largest absolute Gasteiger partial charge is 0.456 e. The second kappa shape index (κ2) is 18.8. The summed E-state index contributed by atoms with van der Waals surface area (Å²) < 4.78 is 18.3. The fourth-order valence-electron chi connectivity index (χ4n) is 4.38. The van der Waals surface area contributed by atoms with Crippen molar-refractivity contribution in [1.29, 1.82) is 0 Å². The monoisotopic (exact) mass is 564 g/mol. The summed E-state index contributed by atoms with van der Waals surface area (Å²) >= 11 is 1.68. The topological polar surface area (TPSA) is 87.2 Å². The Bertz CT molecular complexity index is 903. The van der Waals surface area contributed by atoms with E-state index in [1.165, 1.54) is 12.1 Å². The molecule has 0 bridgehead atoms. The predicted molar refractivity (Wildman–Crippen MR) is 154 cm³/mol. The molecule has 1 N–H and O–H groups in total. The van der Waals surface area contributed by atoms with Gasteiger partial charge in [0.05, 0.1) is 12.1 Å². The van der Waals surface area contributed by atoms with E-state index in [4.69, 9.17) is 4.74 Å². The first kappa shape index (κ1) is 32.8. The van der Waals surface area contributed by atoms with E-state index in [9.17, 15) is 23.9 Å². The number of ether oxygens (including phenoxy) is 1. The van der Waals surface area contributed by atoms with Crippen molar-refractivity contribution < 1.29 is 28.6 Å². The standard InChI is InChI=1S/C30H45FN2O5S/c1-3-5-17-32(18-6-4-2)29(36)23-38-30(37)8-7-20-39-21-19-33-26(14-16-28(33)35)13-15-27(34)22-24-9-11-25(31)12-10-24/h9-13,15,26-27,34H,3-8,14,16-23H2,1-2H3/t26-,27+/m0/s1. The van der Waals surface area contributed by atoms with Gasteiger partial charge in [-0.25, -0.2) is 4.39 Å². The minimum absolute atomic E-state index is 0.0392. The van der Waals surface area contributed by atoms with Crippen LogP contribution in [0.2, 0.25) is 0 Å². The summed E-state index contributed by atoms with van der Waals surface area (Å²) in [5.41, 5.74) is 0.848. The first-order valence-electron chi connectivity index (χ1n) is 14.3. The van der Waals surface area contributed by atoms with E-state index in [0.29, 0.717) is 38.9 Å². The van der Waals surface area contributed by atoms with Crippen LogP contribution in [-0.2, 0) is 25.5 Å². The lowest BCUT2D eigenvalue weighted by Gasteiger charge is -2.22. The fraction of sp³-hybridized carbons (Fsp3) is 0.633. The number of benzene rings is 1. The molecule has 0 aromatic heterocycles. The highest BCUT2D eigenvalue weighted by atomic mass is 32.2. The molecule has 0 aliphatic carbocycles. The number of carbonyl (C=O) groups is 3. The van der Waals surface area contributed by atoms with Gasteiger partial charge in [0.2, 0.25) is 5.91 Å². The van der Waals surface area contributed by atoms with Crippen LogP contribution in [0.15, 0.2) is 36.4 Å². The van der Waals surface area contributed by atoms with Gasteiger partial charge in [-0.3, -0.25) is 14.4 Å². The van der Waals surface area contributed by atoms with Crippen molar-refractivity contribution in [2.24, 2.45) is 0 Å². The number of amides is 2. The van der Waals surface area contributed by atoms with Crippen molar-refractivity contribution >= 4 is 29.5 Å². The normalized spacial score (nSPS) is 16.2. The number of likely N-dealkylation sites (tertiary alicyclic amines) is 1. The summed E-state index contributed by atoms with van der Waals surface area (Å²) in [6, 6.07) is 6.03. The SMILES string of the molecule is CCCCN(CCCC)C(=O)COC(=O)CCCSCCN1C(=O)CC[C@@H]1C=C[C@@H](O)Cc1ccc(F)cc1. The third-order valence-electron chi connectivity index (χ3n) is 6.71. The molecular formula is C30H45FN2O5S. The Kier molecular flexibility index (Phi) is 15.8. The lowest BCUT2D eigenvalue weighted by Crippen LogP contribution is -2.36. The summed E-state index contributed by atoms with van der Waals surface area (Å²) in [4.78, 5) is 40.5. The number of hydrogen-bond acceptors (Lipinski definition) is 6. The second-order valence-electron chi connectivity index (χ2n) is 9.94. The molecule has 9 heteroatoms. The van der Waals surface area contributed by atoms with Crippen LogP contribution in [0.1, 0.15) is 70.8 Å². The van der Waals surface area contributed by atoms with Gasteiger partial charge in [0.25, 0.3) is 5.91 Å². The van der Waals surface area contributed by atoms with E-state index >= 15 is 0 Å². The Balaban J connectivity index is 1.62. The van der Waals surface area contributed by atoms with Crippen LogP contribution >= 0.6 is 11.8 Å². The molecule has 0 radical (unpaired) electrons. The Labute approximate surface area is 237 Å². The number of halogens is 1. The molecule has 1 aliphatic rings. The van der Waals surface area contributed by atoms with E-state index in [2.05, 4.69) is 13.8 Å². The maximum atomic E-state index is 13.1. The molecule has 0 unspecified atom stereocenters. The van der Waals surface area contributed by atoms with Gasteiger partial charge in [0.15, 0.2) is 6.61 Å². The van der Waals surface area contributed by atoms with E-state index in [1.807, 2.05) is 11.0 Å². The van der Waals surface area contributed by atoms with Crippen molar-refractivity contribution in [2.45, 2.75) is 83.8 Å². The predicted octanol–water partition coefficient (Wildman–Crippen LogP) is 4.76. The van der Waals surface area contributed by atoms with E-state index in [1.54, 1.807) is 34.9 Å². The summed E-state index contributed by atoms with van der Waals surface area (Å²) in [5.74, 6) is 0.849. The highest BCUT2D eigenvalue weighted by Gasteiger charge is 2.28. The third kappa shape index (κ3) is 13.0. The second-order valence-corrected chi connectivity index (χ2v) is 11.2. The van der Waals surface area contributed by atoms with Crippen LogP contribution in [0.25, 0.3) is 0 Å². The average molecular weight is 565 g/mol. The summed E-state index contributed by atoms with van der Waals surface area (Å²) in [6.07, 6.45) is 9.35. The molecule has 2 atom stereocenters. The Morgan fingerprint density at radius 2 is 1.85 bits per heavy atom.